The molecule has 0 saturated heterocycles. The Morgan fingerprint density at radius 1 is 1.19 bits per heavy atom. The number of hydrogen-bond donors (Lipinski definition) is 3. The van der Waals surface area contributed by atoms with Gasteiger partial charge in [-0.25, -0.2) is 0 Å². The van der Waals surface area contributed by atoms with E-state index in [0.29, 0.717) is 26.0 Å². The van der Waals surface area contributed by atoms with Crippen LogP contribution in [0.4, 0.5) is 0 Å². The lowest BCUT2D eigenvalue weighted by atomic mass is 9.95. The van der Waals surface area contributed by atoms with Crippen molar-refractivity contribution in [1.29, 1.82) is 0 Å². The topological polar surface area (TPSA) is 92.8 Å². The second kappa shape index (κ2) is 11.6. The van der Waals surface area contributed by atoms with Crippen LogP contribution >= 0.6 is 11.3 Å². The summed E-state index contributed by atoms with van der Waals surface area (Å²) >= 11 is 1.63. The summed E-state index contributed by atoms with van der Waals surface area (Å²) in [7, 11) is 1.65. The summed E-state index contributed by atoms with van der Waals surface area (Å²) in [6, 6.07) is 15.6. The molecular weight excluding hydrogens is 488 g/mol. The van der Waals surface area contributed by atoms with E-state index in [1.165, 1.54) is 0 Å². The normalized spacial score (nSPS) is 17.3. The Morgan fingerprint density at radius 3 is 2.78 bits per heavy atom. The van der Waals surface area contributed by atoms with Crippen LogP contribution in [0.5, 0.6) is 5.75 Å². The highest BCUT2D eigenvalue weighted by atomic mass is 32.1. The van der Waals surface area contributed by atoms with Gasteiger partial charge in [0.15, 0.2) is 5.76 Å². The van der Waals surface area contributed by atoms with E-state index in [4.69, 9.17) is 14.2 Å². The molecular formula is C29H30N2O5S. The van der Waals surface area contributed by atoms with E-state index in [1.54, 1.807) is 18.4 Å². The molecule has 0 radical (unpaired) electrons. The summed E-state index contributed by atoms with van der Waals surface area (Å²) in [6.07, 6.45) is 4.61. The maximum absolute atomic E-state index is 13.1. The minimum Gasteiger partial charge on any atom is -0.497 e. The Balaban J connectivity index is 1.23. The highest BCUT2D eigenvalue weighted by molar-refractivity contribution is 7.08. The molecule has 0 unspecified atom stereocenters. The molecule has 3 heterocycles. The molecule has 8 heteroatoms. The third-order valence-electron chi connectivity index (χ3n) is 6.55. The van der Waals surface area contributed by atoms with Crippen molar-refractivity contribution in [3.05, 3.63) is 99.6 Å². The number of nitrogens with one attached hydrogen (secondary N) is 2. The SMILES string of the molecule is COc1ccc2[nH]cc(CCNC(=O)C3=C[C@@H](c4ccsc4)C[C@@H](OCc4ccc(CO)cc4)O3)c2c1. The Kier molecular flexibility index (Phi) is 7.89. The summed E-state index contributed by atoms with van der Waals surface area (Å²) < 4.78 is 17.4. The summed E-state index contributed by atoms with van der Waals surface area (Å²) in [5, 5.41) is 17.5. The summed E-state index contributed by atoms with van der Waals surface area (Å²) in [5.41, 5.74) is 5.11. The number of H-pyrrole nitrogens is 1. The van der Waals surface area contributed by atoms with E-state index in [9.17, 15) is 9.90 Å². The zero-order chi connectivity index (χ0) is 25.6. The molecule has 0 fully saturated rings. The molecule has 1 aliphatic rings. The van der Waals surface area contributed by atoms with Gasteiger partial charge in [-0.15, -0.1) is 0 Å². The predicted molar refractivity (Wildman–Crippen MR) is 143 cm³/mol. The first kappa shape index (κ1) is 25.1. The number of methoxy groups -OCH3 is 1. The van der Waals surface area contributed by atoms with Gasteiger partial charge >= 0.3 is 0 Å². The van der Waals surface area contributed by atoms with Gasteiger partial charge in [0.05, 0.1) is 20.3 Å². The molecule has 37 heavy (non-hydrogen) atoms. The Labute approximate surface area is 219 Å². The molecule has 0 aliphatic carbocycles. The maximum Gasteiger partial charge on any atom is 0.286 e. The number of aliphatic hydroxyl groups excluding tert-OH is 1. The first-order valence-corrected chi connectivity index (χ1v) is 13.2. The lowest BCUT2D eigenvalue weighted by Gasteiger charge is -2.29. The fourth-order valence-corrected chi connectivity index (χ4v) is 5.18. The van der Waals surface area contributed by atoms with Crippen molar-refractivity contribution in [2.75, 3.05) is 13.7 Å². The van der Waals surface area contributed by atoms with Gasteiger partial charge in [-0.05, 0) is 69.8 Å². The molecule has 1 amide bonds. The third-order valence-corrected chi connectivity index (χ3v) is 7.25. The smallest absolute Gasteiger partial charge is 0.286 e. The van der Waals surface area contributed by atoms with Gasteiger partial charge < -0.3 is 29.6 Å². The number of amides is 1. The Hall–Kier alpha value is -3.59. The molecule has 1 aliphatic heterocycles. The van der Waals surface area contributed by atoms with Crippen LogP contribution in [0.25, 0.3) is 10.9 Å². The van der Waals surface area contributed by atoms with Crippen LogP contribution in [0.3, 0.4) is 0 Å². The second-order valence-corrected chi connectivity index (χ2v) is 9.77. The number of carbonyl (C=O) groups excluding carboxylic acids is 1. The number of aromatic amines is 1. The molecule has 2 atom stereocenters. The van der Waals surface area contributed by atoms with Crippen molar-refractivity contribution >= 4 is 28.1 Å². The number of benzene rings is 2. The largest absolute Gasteiger partial charge is 0.497 e. The number of thiophene rings is 1. The number of rotatable bonds is 10. The first-order chi connectivity index (χ1) is 18.1. The van der Waals surface area contributed by atoms with E-state index in [-0.39, 0.29) is 24.2 Å². The lowest BCUT2D eigenvalue weighted by Crippen LogP contribution is -2.33. The number of carbonyl (C=O) groups is 1. The second-order valence-electron chi connectivity index (χ2n) is 8.99. The lowest BCUT2D eigenvalue weighted by molar-refractivity contribution is -0.150. The van der Waals surface area contributed by atoms with Crippen molar-refractivity contribution in [2.24, 2.45) is 0 Å². The van der Waals surface area contributed by atoms with Crippen LogP contribution in [0, 0.1) is 0 Å². The average molecular weight is 519 g/mol. The molecule has 3 N–H and O–H groups in total. The van der Waals surface area contributed by atoms with E-state index in [2.05, 4.69) is 21.7 Å². The molecule has 2 aromatic heterocycles. The summed E-state index contributed by atoms with van der Waals surface area (Å²) in [6.45, 7) is 0.828. The number of hydrogen-bond acceptors (Lipinski definition) is 6. The van der Waals surface area contributed by atoms with Crippen LogP contribution in [0.15, 0.2) is 77.3 Å². The van der Waals surface area contributed by atoms with E-state index < -0.39 is 6.29 Å². The van der Waals surface area contributed by atoms with E-state index in [0.717, 1.165) is 38.9 Å². The van der Waals surface area contributed by atoms with Gasteiger partial charge in [0, 0.05) is 36.0 Å². The number of allylic oxidation sites excluding steroid dienone is 1. The first-order valence-electron chi connectivity index (χ1n) is 12.3. The third kappa shape index (κ3) is 6.05. The number of aliphatic hydroxyl groups is 1. The van der Waals surface area contributed by atoms with Gasteiger partial charge in [-0.2, -0.15) is 11.3 Å². The maximum atomic E-state index is 13.1. The highest BCUT2D eigenvalue weighted by Crippen LogP contribution is 2.33. The molecule has 0 bridgehead atoms. The fraction of sp³-hybridized carbons (Fsp3) is 0.276. The van der Waals surface area contributed by atoms with Crippen LogP contribution < -0.4 is 10.1 Å². The van der Waals surface area contributed by atoms with Crippen molar-refractivity contribution in [2.45, 2.75) is 38.3 Å². The highest BCUT2D eigenvalue weighted by Gasteiger charge is 2.29. The van der Waals surface area contributed by atoms with Gasteiger partial charge in [0.25, 0.3) is 5.91 Å². The van der Waals surface area contributed by atoms with Gasteiger partial charge in [0.2, 0.25) is 6.29 Å². The predicted octanol–water partition coefficient (Wildman–Crippen LogP) is 5.02. The zero-order valence-electron chi connectivity index (χ0n) is 20.6. The quantitative estimate of drug-likeness (QED) is 0.274. The molecule has 0 spiro atoms. The van der Waals surface area contributed by atoms with Crippen LogP contribution in [0.2, 0.25) is 0 Å². The van der Waals surface area contributed by atoms with Crippen LogP contribution in [-0.4, -0.2) is 35.9 Å². The molecule has 192 valence electrons. The minimum absolute atomic E-state index is 0.00691. The zero-order valence-corrected chi connectivity index (χ0v) is 21.4. The van der Waals surface area contributed by atoms with Gasteiger partial charge in [-0.3, -0.25) is 4.79 Å². The monoisotopic (exact) mass is 518 g/mol. The fourth-order valence-electron chi connectivity index (χ4n) is 4.46. The molecule has 4 aromatic rings. The molecule has 5 rings (SSSR count). The van der Waals surface area contributed by atoms with Crippen molar-refractivity contribution in [3.8, 4) is 5.75 Å². The van der Waals surface area contributed by atoms with Crippen LogP contribution in [0.1, 0.15) is 34.6 Å². The Bertz CT molecular complexity index is 1360. The van der Waals surface area contributed by atoms with Crippen molar-refractivity contribution in [1.82, 2.24) is 10.3 Å². The number of fused-ring (bicyclic) bond motifs is 1. The van der Waals surface area contributed by atoms with E-state index >= 15 is 0 Å². The van der Waals surface area contributed by atoms with Crippen LogP contribution in [-0.2, 0) is 33.9 Å². The molecule has 0 saturated carbocycles. The standard InChI is InChI=1S/C29H30N2O5S/c1-34-24-6-7-26-25(14-24)21(15-31-26)8-10-30-29(33)27-12-23(22-9-11-37-18-22)13-28(36-27)35-17-20-4-2-19(16-32)3-5-20/h2-7,9,11-12,14-15,18,23,28,31-32H,8,10,13,16-17H2,1H3,(H,30,33)/t23-,28+/m1/s1. The van der Waals surface area contributed by atoms with Gasteiger partial charge in [0.1, 0.15) is 5.75 Å². The molecule has 2 aromatic carbocycles. The minimum atomic E-state index is -0.547. The summed E-state index contributed by atoms with van der Waals surface area (Å²) in [4.78, 5) is 16.4. The van der Waals surface area contributed by atoms with Crippen molar-refractivity contribution in [3.63, 3.8) is 0 Å². The van der Waals surface area contributed by atoms with Crippen molar-refractivity contribution < 1.29 is 24.1 Å². The Morgan fingerprint density at radius 2 is 2.03 bits per heavy atom. The number of aromatic nitrogens is 1. The van der Waals surface area contributed by atoms with E-state index in [1.807, 2.05) is 60.1 Å². The average Bonchev–Trinajstić information content (AvgIpc) is 3.62. The van der Waals surface area contributed by atoms with Gasteiger partial charge in [-0.1, -0.05) is 24.3 Å². The summed E-state index contributed by atoms with van der Waals surface area (Å²) in [5.74, 6) is 0.860. The molecule has 7 nitrogen and oxygen atoms in total. The number of ether oxygens (including phenoxy) is 3.